The van der Waals surface area contributed by atoms with Gasteiger partial charge in [0.05, 0.1) is 0 Å². The third-order valence-corrected chi connectivity index (χ3v) is 3.02. The van der Waals surface area contributed by atoms with Gasteiger partial charge in [0.1, 0.15) is 5.69 Å². The summed E-state index contributed by atoms with van der Waals surface area (Å²) >= 11 is 1.33. The lowest BCUT2D eigenvalue weighted by Crippen LogP contribution is -2.13. The Balaban J connectivity index is 2.00. The number of carbonyl (C=O) groups excluding carboxylic acids is 1. The second-order valence-electron chi connectivity index (χ2n) is 3.34. The SMILES string of the molecule is O=Cc1nc(C#CC2CCOCC2)cs1. The van der Waals surface area contributed by atoms with Gasteiger partial charge in [0.15, 0.2) is 11.3 Å². The lowest BCUT2D eigenvalue weighted by atomic mass is 10.0. The summed E-state index contributed by atoms with van der Waals surface area (Å²) < 4.78 is 5.25. The summed E-state index contributed by atoms with van der Waals surface area (Å²) in [4.78, 5) is 14.5. The highest BCUT2D eigenvalue weighted by Crippen LogP contribution is 2.13. The van der Waals surface area contributed by atoms with E-state index in [9.17, 15) is 4.79 Å². The van der Waals surface area contributed by atoms with Crippen LogP contribution >= 0.6 is 11.3 Å². The Morgan fingerprint density at radius 3 is 3.00 bits per heavy atom. The minimum absolute atomic E-state index is 0.417. The lowest BCUT2D eigenvalue weighted by Gasteiger charge is -2.16. The molecule has 0 atom stereocenters. The summed E-state index contributed by atoms with van der Waals surface area (Å²) in [6.45, 7) is 1.60. The first-order chi connectivity index (χ1) is 7.38. The zero-order valence-electron chi connectivity index (χ0n) is 8.23. The molecule has 15 heavy (non-hydrogen) atoms. The third-order valence-electron chi connectivity index (χ3n) is 2.25. The molecule has 1 aromatic rings. The van der Waals surface area contributed by atoms with E-state index < -0.39 is 0 Å². The molecule has 0 saturated carbocycles. The number of carbonyl (C=O) groups is 1. The summed E-state index contributed by atoms with van der Waals surface area (Å²) in [5.74, 6) is 6.59. The van der Waals surface area contributed by atoms with Crippen LogP contribution in [0.2, 0.25) is 0 Å². The van der Waals surface area contributed by atoms with Crippen LogP contribution in [0.1, 0.15) is 28.3 Å². The predicted molar refractivity (Wildman–Crippen MR) is 57.9 cm³/mol. The molecule has 3 nitrogen and oxygen atoms in total. The Kier molecular flexibility index (Phi) is 3.49. The highest BCUT2D eigenvalue weighted by Gasteiger charge is 2.10. The number of aldehydes is 1. The van der Waals surface area contributed by atoms with E-state index in [0.717, 1.165) is 32.3 Å². The number of nitrogens with zero attached hydrogens (tertiary/aromatic N) is 1. The Bertz CT molecular complexity index is 396. The van der Waals surface area contributed by atoms with Crippen molar-refractivity contribution in [2.45, 2.75) is 12.8 Å². The van der Waals surface area contributed by atoms with Gasteiger partial charge < -0.3 is 4.74 Å². The van der Waals surface area contributed by atoms with Crippen LogP contribution in [-0.4, -0.2) is 24.5 Å². The summed E-state index contributed by atoms with van der Waals surface area (Å²) in [5.41, 5.74) is 0.702. The van der Waals surface area contributed by atoms with E-state index in [4.69, 9.17) is 4.74 Å². The third kappa shape index (κ3) is 2.88. The van der Waals surface area contributed by atoms with Gasteiger partial charge in [-0.2, -0.15) is 0 Å². The van der Waals surface area contributed by atoms with Crippen molar-refractivity contribution in [1.82, 2.24) is 4.98 Å². The zero-order chi connectivity index (χ0) is 10.5. The molecule has 1 aromatic heterocycles. The molecule has 0 amide bonds. The lowest BCUT2D eigenvalue weighted by molar-refractivity contribution is 0.0807. The van der Waals surface area contributed by atoms with Gasteiger partial charge in [0.25, 0.3) is 0 Å². The van der Waals surface area contributed by atoms with Crippen molar-refractivity contribution in [1.29, 1.82) is 0 Å². The standard InChI is InChI=1S/C11H11NO2S/c13-7-11-12-10(8-15-11)2-1-9-3-5-14-6-4-9/h7-9H,3-6H2. The molecule has 0 aliphatic carbocycles. The molecule has 0 N–H and O–H groups in total. The molecule has 0 unspecified atom stereocenters. The molecule has 4 heteroatoms. The van der Waals surface area contributed by atoms with Crippen LogP contribution in [0.4, 0.5) is 0 Å². The maximum Gasteiger partial charge on any atom is 0.178 e. The molecule has 1 fully saturated rings. The fraction of sp³-hybridized carbons (Fsp3) is 0.455. The topological polar surface area (TPSA) is 39.2 Å². The van der Waals surface area contributed by atoms with Crippen molar-refractivity contribution in [2.75, 3.05) is 13.2 Å². The highest BCUT2D eigenvalue weighted by molar-refractivity contribution is 7.11. The number of hydrogen-bond donors (Lipinski definition) is 0. The largest absolute Gasteiger partial charge is 0.381 e. The molecule has 0 spiro atoms. The van der Waals surface area contributed by atoms with E-state index in [2.05, 4.69) is 16.8 Å². The maximum atomic E-state index is 10.4. The van der Waals surface area contributed by atoms with Crippen molar-refractivity contribution in [3.8, 4) is 11.8 Å². The Morgan fingerprint density at radius 2 is 2.33 bits per heavy atom. The van der Waals surface area contributed by atoms with Gasteiger partial charge in [-0.1, -0.05) is 5.92 Å². The van der Waals surface area contributed by atoms with Crippen molar-refractivity contribution in [3.63, 3.8) is 0 Å². The van der Waals surface area contributed by atoms with E-state index in [1.807, 2.05) is 5.38 Å². The second kappa shape index (κ2) is 5.06. The Morgan fingerprint density at radius 1 is 1.53 bits per heavy atom. The van der Waals surface area contributed by atoms with Crippen molar-refractivity contribution in [2.24, 2.45) is 5.92 Å². The first-order valence-corrected chi connectivity index (χ1v) is 5.76. The van der Waals surface area contributed by atoms with Gasteiger partial charge >= 0.3 is 0 Å². The average molecular weight is 221 g/mol. The summed E-state index contributed by atoms with van der Waals surface area (Å²) in [6, 6.07) is 0. The van der Waals surface area contributed by atoms with Gasteiger partial charge in [-0.15, -0.1) is 11.3 Å². The molecule has 1 aliphatic rings. The molecule has 1 aliphatic heterocycles. The highest BCUT2D eigenvalue weighted by atomic mass is 32.1. The van der Waals surface area contributed by atoms with Crippen LogP contribution in [0.5, 0.6) is 0 Å². The number of aromatic nitrogens is 1. The van der Waals surface area contributed by atoms with Crippen LogP contribution in [0.3, 0.4) is 0 Å². The van der Waals surface area contributed by atoms with Crippen molar-refractivity contribution in [3.05, 3.63) is 16.1 Å². The maximum absolute atomic E-state index is 10.4. The van der Waals surface area contributed by atoms with Gasteiger partial charge in [0, 0.05) is 24.5 Å². The van der Waals surface area contributed by atoms with Gasteiger partial charge in [-0.25, -0.2) is 4.98 Å². The first-order valence-electron chi connectivity index (χ1n) is 4.88. The summed E-state index contributed by atoms with van der Waals surface area (Å²) in [7, 11) is 0. The van der Waals surface area contributed by atoms with E-state index in [-0.39, 0.29) is 0 Å². The number of ether oxygens (including phenoxy) is 1. The van der Waals surface area contributed by atoms with Crippen LogP contribution < -0.4 is 0 Å². The predicted octanol–water partition coefficient (Wildman–Crippen LogP) is 1.73. The molecule has 78 valence electrons. The fourth-order valence-corrected chi connectivity index (χ4v) is 1.97. The molecule has 2 heterocycles. The number of thiazole rings is 1. The van der Waals surface area contributed by atoms with E-state index >= 15 is 0 Å². The monoisotopic (exact) mass is 221 g/mol. The van der Waals surface area contributed by atoms with Crippen molar-refractivity contribution >= 4 is 17.6 Å². The molecular weight excluding hydrogens is 210 g/mol. The van der Waals surface area contributed by atoms with Crippen LogP contribution in [-0.2, 0) is 4.74 Å². The summed E-state index contributed by atoms with van der Waals surface area (Å²) in [5, 5.41) is 2.31. The normalized spacial score (nSPS) is 16.8. The Hall–Kier alpha value is -1.18. The fourth-order valence-electron chi connectivity index (χ4n) is 1.42. The first kappa shape index (κ1) is 10.3. The molecule has 0 radical (unpaired) electrons. The molecule has 0 bridgehead atoms. The molecular formula is C11H11NO2S. The average Bonchev–Trinajstić information content (AvgIpc) is 2.76. The molecule has 1 saturated heterocycles. The minimum Gasteiger partial charge on any atom is -0.381 e. The summed E-state index contributed by atoms with van der Waals surface area (Å²) in [6.07, 6.45) is 2.75. The van der Waals surface area contributed by atoms with Crippen LogP contribution in [0.25, 0.3) is 0 Å². The van der Waals surface area contributed by atoms with Gasteiger partial charge in [-0.3, -0.25) is 4.79 Å². The van der Waals surface area contributed by atoms with Gasteiger partial charge in [0.2, 0.25) is 0 Å². The van der Waals surface area contributed by atoms with Crippen LogP contribution in [0, 0.1) is 17.8 Å². The Labute approximate surface area is 92.5 Å². The molecule has 0 aromatic carbocycles. The van der Waals surface area contributed by atoms with E-state index in [1.165, 1.54) is 11.3 Å². The van der Waals surface area contributed by atoms with E-state index in [1.54, 1.807) is 0 Å². The second-order valence-corrected chi connectivity index (χ2v) is 4.23. The quantitative estimate of drug-likeness (QED) is 0.535. The van der Waals surface area contributed by atoms with Gasteiger partial charge in [-0.05, 0) is 18.8 Å². The minimum atomic E-state index is 0.417. The van der Waals surface area contributed by atoms with E-state index in [0.29, 0.717) is 16.6 Å². The number of hydrogen-bond acceptors (Lipinski definition) is 4. The molecule has 2 rings (SSSR count). The zero-order valence-corrected chi connectivity index (χ0v) is 9.05. The van der Waals surface area contributed by atoms with Crippen LogP contribution in [0.15, 0.2) is 5.38 Å². The van der Waals surface area contributed by atoms with Crippen molar-refractivity contribution < 1.29 is 9.53 Å². The smallest absolute Gasteiger partial charge is 0.178 e. The number of rotatable bonds is 1.